The Morgan fingerprint density at radius 2 is 2.10 bits per heavy atom. The molecule has 1 aromatic heterocycles. The van der Waals surface area contributed by atoms with Gasteiger partial charge in [0.15, 0.2) is 0 Å². The van der Waals surface area contributed by atoms with Gasteiger partial charge in [-0.05, 0) is 59.6 Å². The maximum absolute atomic E-state index is 12.4. The molecule has 0 N–H and O–H groups in total. The van der Waals surface area contributed by atoms with E-state index in [4.69, 9.17) is 4.74 Å². The Balaban J connectivity index is 2.08. The highest BCUT2D eigenvalue weighted by Gasteiger charge is 2.40. The molecule has 4 heteroatoms. The van der Waals surface area contributed by atoms with E-state index in [2.05, 4.69) is 24.9 Å². The standard InChI is InChI=1S/C17H26N2O2/c1-16(2,3)21-15(20)19-11-9-13(12-17(19,4)5)14-8-6-7-10-18-14/h6-8,10,13H,9,11-12H2,1-5H3. The summed E-state index contributed by atoms with van der Waals surface area (Å²) in [4.78, 5) is 18.7. The van der Waals surface area contributed by atoms with Crippen LogP contribution in [0.3, 0.4) is 0 Å². The van der Waals surface area contributed by atoms with Gasteiger partial charge in [0.05, 0.1) is 0 Å². The Labute approximate surface area is 127 Å². The predicted octanol–water partition coefficient (Wildman–Crippen LogP) is 3.97. The van der Waals surface area contributed by atoms with E-state index < -0.39 is 5.60 Å². The van der Waals surface area contributed by atoms with Crippen molar-refractivity contribution in [3.8, 4) is 0 Å². The molecule has 0 spiro atoms. The number of carbonyl (C=O) groups is 1. The van der Waals surface area contributed by atoms with Gasteiger partial charge in [-0.2, -0.15) is 0 Å². The highest BCUT2D eigenvalue weighted by atomic mass is 16.6. The molecule has 1 aliphatic rings. The normalized spacial score (nSPS) is 22.0. The lowest BCUT2D eigenvalue weighted by molar-refractivity contribution is -0.00952. The van der Waals surface area contributed by atoms with E-state index in [9.17, 15) is 4.79 Å². The summed E-state index contributed by atoms with van der Waals surface area (Å²) in [5.74, 6) is 0.403. The topological polar surface area (TPSA) is 42.4 Å². The first-order valence-electron chi connectivity index (χ1n) is 7.61. The van der Waals surface area contributed by atoms with Crippen molar-refractivity contribution in [1.82, 2.24) is 9.88 Å². The summed E-state index contributed by atoms with van der Waals surface area (Å²) in [6.07, 6.45) is 3.46. The number of carbonyl (C=O) groups excluding carboxylic acids is 1. The van der Waals surface area contributed by atoms with Crippen molar-refractivity contribution >= 4 is 6.09 Å². The first kappa shape index (κ1) is 15.8. The van der Waals surface area contributed by atoms with Gasteiger partial charge in [-0.15, -0.1) is 0 Å². The van der Waals surface area contributed by atoms with Gasteiger partial charge in [-0.25, -0.2) is 4.79 Å². The largest absolute Gasteiger partial charge is 0.444 e. The van der Waals surface area contributed by atoms with Gasteiger partial charge in [-0.1, -0.05) is 6.07 Å². The first-order chi connectivity index (χ1) is 9.69. The van der Waals surface area contributed by atoms with Crippen LogP contribution in [0.4, 0.5) is 4.79 Å². The molecule has 0 bridgehead atoms. The zero-order valence-corrected chi connectivity index (χ0v) is 13.7. The minimum absolute atomic E-state index is 0.216. The highest BCUT2D eigenvalue weighted by molar-refractivity contribution is 5.69. The molecule has 1 atom stereocenters. The second-order valence-electron chi connectivity index (χ2n) is 7.39. The van der Waals surface area contributed by atoms with E-state index in [0.717, 1.165) is 18.5 Å². The molecular formula is C17H26N2O2. The molecule has 0 aliphatic carbocycles. The van der Waals surface area contributed by atoms with Crippen molar-refractivity contribution < 1.29 is 9.53 Å². The van der Waals surface area contributed by atoms with E-state index in [0.29, 0.717) is 12.5 Å². The van der Waals surface area contributed by atoms with Crippen LogP contribution < -0.4 is 0 Å². The molecule has 116 valence electrons. The van der Waals surface area contributed by atoms with Crippen molar-refractivity contribution in [3.05, 3.63) is 30.1 Å². The quantitative estimate of drug-likeness (QED) is 0.785. The lowest BCUT2D eigenvalue weighted by atomic mass is 9.81. The van der Waals surface area contributed by atoms with Crippen molar-refractivity contribution in [1.29, 1.82) is 0 Å². The number of aromatic nitrogens is 1. The number of ether oxygens (including phenoxy) is 1. The minimum atomic E-state index is -0.453. The summed E-state index contributed by atoms with van der Waals surface area (Å²) < 4.78 is 5.53. The lowest BCUT2D eigenvalue weighted by Crippen LogP contribution is -2.53. The minimum Gasteiger partial charge on any atom is -0.444 e. The molecule has 0 saturated carbocycles. The van der Waals surface area contributed by atoms with Crippen LogP contribution in [0.15, 0.2) is 24.4 Å². The molecular weight excluding hydrogens is 264 g/mol. The maximum atomic E-state index is 12.4. The number of piperidine rings is 1. The molecule has 1 saturated heterocycles. The fourth-order valence-corrected chi connectivity index (χ4v) is 2.93. The molecule has 2 rings (SSSR count). The molecule has 1 fully saturated rings. The van der Waals surface area contributed by atoms with Gasteiger partial charge in [0.25, 0.3) is 0 Å². The van der Waals surface area contributed by atoms with Gasteiger partial charge >= 0.3 is 6.09 Å². The Bertz CT molecular complexity index is 491. The van der Waals surface area contributed by atoms with Crippen LogP contribution in [0.2, 0.25) is 0 Å². The summed E-state index contributed by atoms with van der Waals surface area (Å²) in [5.41, 5.74) is 0.447. The van der Waals surface area contributed by atoms with Gasteiger partial charge in [0, 0.05) is 29.9 Å². The van der Waals surface area contributed by atoms with Crippen molar-refractivity contribution in [2.24, 2.45) is 0 Å². The number of rotatable bonds is 1. The molecule has 1 aromatic rings. The van der Waals surface area contributed by atoms with E-state index in [1.54, 1.807) is 0 Å². The first-order valence-corrected chi connectivity index (χ1v) is 7.61. The summed E-state index contributed by atoms with van der Waals surface area (Å²) >= 11 is 0. The van der Waals surface area contributed by atoms with E-state index in [-0.39, 0.29) is 11.6 Å². The lowest BCUT2D eigenvalue weighted by Gasteiger charge is -2.45. The Morgan fingerprint density at radius 1 is 1.38 bits per heavy atom. The van der Waals surface area contributed by atoms with Crippen LogP contribution in [0.25, 0.3) is 0 Å². The van der Waals surface area contributed by atoms with Gasteiger partial charge in [0.2, 0.25) is 0 Å². The number of hydrogen-bond acceptors (Lipinski definition) is 3. The third kappa shape index (κ3) is 3.96. The highest BCUT2D eigenvalue weighted by Crippen LogP contribution is 2.37. The van der Waals surface area contributed by atoms with E-state index in [1.807, 2.05) is 44.0 Å². The number of nitrogens with zero attached hydrogens (tertiary/aromatic N) is 2. The van der Waals surface area contributed by atoms with Crippen LogP contribution in [-0.4, -0.2) is 33.7 Å². The SMILES string of the molecule is CC(C)(C)OC(=O)N1CCC(c2ccccn2)CC1(C)C. The molecule has 0 radical (unpaired) electrons. The van der Waals surface area contributed by atoms with Crippen LogP contribution in [0, 0.1) is 0 Å². The molecule has 1 aliphatic heterocycles. The van der Waals surface area contributed by atoms with Crippen molar-refractivity contribution in [2.45, 2.75) is 64.5 Å². The fraction of sp³-hybridized carbons (Fsp3) is 0.647. The van der Waals surface area contributed by atoms with Crippen molar-refractivity contribution in [2.75, 3.05) is 6.54 Å². The smallest absolute Gasteiger partial charge is 0.410 e. The average Bonchev–Trinajstić information content (AvgIpc) is 2.36. The Hall–Kier alpha value is -1.58. The van der Waals surface area contributed by atoms with E-state index >= 15 is 0 Å². The number of likely N-dealkylation sites (tertiary alicyclic amines) is 1. The third-order valence-electron chi connectivity index (χ3n) is 3.90. The summed E-state index contributed by atoms with van der Waals surface area (Å²) in [6.45, 7) is 10.6. The Morgan fingerprint density at radius 3 is 2.62 bits per heavy atom. The average molecular weight is 290 g/mol. The number of pyridine rings is 1. The third-order valence-corrected chi connectivity index (χ3v) is 3.90. The summed E-state index contributed by atoms with van der Waals surface area (Å²) in [5, 5.41) is 0. The van der Waals surface area contributed by atoms with Gasteiger partial charge in [0.1, 0.15) is 5.60 Å². The van der Waals surface area contributed by atoms with Crippen LogP contribution in [-0.2, 0) is 4.74 Å². The zero-order chi connectivity index (χ0) is 15.7. The van der Waals surface area contributed by atoms with E-state index in [1.165, 1.54) is 0 Å². The Kier molecular flexibility index (Phi) is 4.26. The predicted molar refractivity (Wildman–Crippen MR) is 83.2 cm³/mol. The number of amides is 1. The molecule has 1 unspecified atom stereocenters. The van der Waals surface area contributed by atoms with Crippen LogP contribution in [0.5, 0.6) is 0 Å². The second-order valence-corrected chi connectivity index (χ2v) is 7.39. The van der Waals surface area contributed by atoms with Crippen LogP contribution >= 0.6 is 0 Å². The fourth-order valence-electron chi connectivity index (χ4n) is 2.93. The summed E-state index contributed by atoms with van der Waals surface area (Å²) in [6, 6.07) is 6.03. The molecule has 21 heavy (non-hydrogen) atoms. The molecule has 0 aromatic carbocycles. The van der Waals surface area contributed by atoms with Crippen molar-refractivity contribution in [3.63, 3.8) is 0 Å². The second kappa shape index (κ2) is 5.66. The van der Waals surface area contributed by atoms with Gasteiger partial charge in [-0.3, -0.25) is 4.98 Å². The van der Waals surface area contributed by atoms with Crippen LogP contribution in [0.1, 0.15) is 59.1 Å². The maximum Gasteiger partial charge on any atom is 0.410 e. The van der Waals surface area contributed by atoms with Gasteiger partial charge < -0.3 is 9.64 Å². The molecule has 1 amide bonds. The number of hydrogen-bond donors (Lipinski definition) is 0. The summed E-state index contributed by atoms with van der Waals surface area (Å²) in [7, 11) is 0. The zero-order valence-electron chi connectivity index (χ0n) is 13.7. The monoisotopic (exact) mass is 290 g/mol. The molecule has 4 nitrogen and oxygen atoms in total. The molecule has 2 heterocycles.